The van der Waals surface area contributed by atoms with E-state index in [4.69, 9.17) is 9.47 Å². The molecule has 0 aromatic heterocycles. The predicted octanol–water partition coefficient (Wildman–Crippen LogP) is 1.59. The summed E-state index contributed by atoms with van der Waals surface area (Å²) >= 11 is 0. The van der Waals surface area contributed by atoms with Crippen LogP contribution in [-0.4, -0.2) is 37.6 Å². The first-order valence-corrected chi connectivity index (χ1v) is 5.27. The van der Waals surface area contributed by atoms with Crippen LogP contribution in [0.4, 0.5) is 0 Å². The quantitative estimate of drug-likeness (QED) is 0.736. The smallest absolute Gasteiger partial charge is 0.0623 e. The summed E-state index contributed by atoms with van der Waals surface area (Å²) in [5.41, 5.74) is -0.0967. The van der Waals surface area contributed by atoms with E-state index in [-0.39, 0.29) is 17.6 Å². The Morgan fingerprint density at radius 3 is 2.64 bits per heavy atom. The van der Waals surface area contributed by atoms with Crippen molar-refractivity contribution in [3.8, 4) is 0 Å². The van der Waals surface area contributed by atoms with E-state index in [9.17, 15) is 5.11 Å². The summed E-state index contributed by atoms with van der Waals surface area (Å²) in [6.45, 7) is 5.87. The van der Waals surface area contributed by atoms with Gasteiger partial charge in [-0.3, -0.25) is 0 Å². The zero-order valence-corrected chi connectivity index (χ0v) is 9.51. The average Bonchev–Trinajstić information content (AvgIpc) is 2.65. The lowest BCUT2D eigenvalue weighted by Crippen LogP contribution is -2.31. The van der Waals surface area contributed by atoms with Gasteiger partial charge in [0.25, 0.3) is 0 Å². The van der Waals surface area contributed by atoms with E-state index in [1.165, 1.54) is 0 Å². The van der Waals surface area contributed by atoms with Gasteiger partial charge in [-0.25, -0.2) is 0 Å². The summed E-state index contributed by atoms with van der Waals surface area (Å²) in [5, 5.41) is 9.37. The molecule has 0 aromatic carbocycles. The highest BCUT2D eigenvalue weighted by Crippen LogP contribution is 2.35. The maximum absolute atomic E-state index is 9.37. The number of rotatable bonds is 5. The molecule has 0 spiro atoms. The van der Waals surface area contributed by atoms with Crippen molar-refractivity contribution in [2.24, 2.45) is 5.41 Å². The average molecular weight is 202 g/mol. The van der Waals surface area contributed by atoms with Gasteiger partial charge in [-0.15, -0.1) is 0 Å². The lowest BCUT2D eigenvalue weighted by Gasteiger charge is -2.30. The van der Waals surface area contributed by atoms with Crippen LogP contribution in [0.25, 0.3) is 0 Å². The molecule has 1 saturated heterocycles. The number of methoxy groups -OCH3 is 1. The zero-order valence-electron chi connectivity index (χ0n) is 9.51. The highest BCUT2D eigenvalue weighted by molar-refractivity contribution is 4.85. The molecule has 1 N–H and O–H groups in total. The van der Waals surface area contributed by atoms with Crippen LogP contribution in [-0.2, 0) is 9.47 Å². The fourth-order valence-electron chi connectivity index (χ4n) is 1.72. The van der Waals surface area contributed by atoms with Crippen LogP contribution in [0.5, 0.6) is 0 Å². The van der Waals surface area contributed by atoms with E-state index in [2.05, 4.69) is 13.8 Å². The van der Waals surface area contributed by atoms with Crippen molar-refractivity contribution < 1.29 is 14.6 Å². The standard InChI is InChI=1S/C11H22O3/c1-10(2,13-3)4-5-11(8-12)6-7-14-9-11/h12H,4-9H2,1-3H3. The first-order chi connectivity index (χ1) is 6.54. The van der Waals surface area contributed by atoms with Crippen LogP contribution in [0, 0.1) is 5.41 Å². The molecule has 1 unspecified atom stereocenters. The largest absolute Gasteiger partial charge is 0.396 e. The first-order valence-electron chi connectivity index (χ1n) is 5.27. The molecule has 1 aliphatic rings. The second-order valence-electron chi connectivity index (χ2n) is 4.92. The molecule has 0 aromatic rings. The van der Waals surface area contributed by atoms with Gasteiger partial charge in [0.1, 0.15) is 0 Å². The minimum atomic E-state index is -0.0925. The summed E-state index contributed by atoms with van der Waals surface area (Å²) < 4.78 is 10.7. The van der Waals surface area contributed by atoms with Gasteiger partial charge in [0.05, 0.1) is 18.8 Å². The highest BCUT2D eigenvalue weighted by Gasteiger charge is 2.35. The van der Waals surface area contributed by atoms with E-state index in [0.29, 0.717) is 6.61 Å². The molecule has 1 heterocycles. The van der Waals surface area contributed by atoms with E-state index in [1.54, 1.807) is 7.11 Å². The molecule has 1 aliphatic heterocycles. The summed E-state index contributed by atoms with van der Waals surface area (Å²) in [6, 6.07) is 0. The summed E-state index contributed by atoms with van der Waals surface area (Å²) in [6.07, 6.45) is 2.92. The van der Waals surface area contributed by atoms with Crippen molar-refractivity contribution in [3.63, 3.8) is 0 Å². The summed E-state index contributed by atoms with van der Waals surface area (Å²) in [4.78, 5) is 0. The van der Waals surface area contributed by atoms with Gasteiger partial charge in [-0.05, 0) is 33.1 Å². The molecule has 84 valence electrons. The maximum Gasteiger partial charge on any atom is 0.0623 e. The molecule has 0 saturated carbocycles. The van der Waals surface area contributed by atoms with E-state index < -0.39 is 0 Å². The molecular formula is C11H22O3. The molecule has 0 aliphatic carbocycles. The van der Waals surface area contributed by atoms with Crippen LogP contribution < -0.4 is 0 Å². The van der Waals surface area contributed by atoms with Crippen molar-refractivity contribution in [2.45, 2.75) is 38.7 Å². The van der Waals surface area contributed by atoms with Gasteiger partial charge < -0.3 is 14.6 Å². The Morgan fingerprint density at radius 1 is 1.50 bits per heavy atom. The van der Waals surface area contributed by atoms with Crippen molar-refractivity contribution >= 4 is 0 Å². The Kier molecular flexibility index (Phi) is 3.93. The summed E-state index contributed by atoms with van der Waals surface area (Å²) in [7, 11) is 1.73. The molecule has 0 radical (unpaired) electrons. The Labute approximate surface area is 86.4 Å². The fourth-order valence-corrected chi connectivity index (χ4v) is 1.72. The highest BCUT2D eigenvalue weighted by atomic mass is 16.5. The van der Waals surface area contributed by atoms with Crippen LogP contribution in [0.3, 0.4) is 0 Å². The van der Waals surface area contributed by atoms with Crippen molar-refractivity contribution in [1.82, 2.24) is 0 Å². The first kappa shape index (κ1) is 12.0. The van der Waals surface area contributed by atoms with Gasteiger partial charge in [0.15, 0.2) is 0 Å². The summed E-state index contributed by atoms with van der Waals surface area (Å²) in [5.74, 6) is 0. The van der Waals surface area contributed by atoms with Gasteiger partial charge >= 0.3 is 0 Å². The lowest BCUT2D eigenvalue weighted by molar-refractivity contribution is -0.00539. The molecular weight excluding hydrogens is 180 g/mol. The van der Waals surface area contributed by atoms with Crippen molar-refractivity contribution in [3.05, 3.63) is 0 Å². The van der Waals surface area contributed by atoms with Crippen molar-refractivity contribution in [2.75, 3.05) is 26.9 Å². The van der Waals surface area contributed by atoms with Crippen LogP contribution >= 0.6 is 0 Å². The van der Waals surface area contributed by atoms with Gasteiger partial charge in [-0.2, -0.15) is 0 Å². The Balaban J connectivity index is 2.41. The van der Waals surface area contributed by atoms with Gasteiger partial charge in [0, 0.05) is 19.1 Å². The maximum atomic E-state index is 9.37. The third-order valence-corrected chi connectivity index (χ3v) is 3.33. The van der Waals surface area contributed by atoms with Gasteiger partial charge in [0.2, 0.25) is 0 Å². The zero-order chi connectivity index (χ0) is 10.7. The van der Waals surface area contributed by atoms with Crippen LogP contribution in [0.1, 0.15) is 33.1 Å². The normalized spacial score (nSPS) is 28.3. The number of hydrogen-bond donors (Lipinski definition) is 1. The molecule has 1 atom stereocenters. The molecule has 3 heteroatoms. The number of ether oxygens (including phenoxy) is 2. The lowest BCUT2D eigenvalue weighted by atomic mass is 9.80. The van der Waals surface area contributed by atoms with E-state index in [1.807, 2.05) is 0 Å². The monoisotopic (exact) mass is 202 g/mol. The van der Waals surface area contributed by atoms with E-state index in [0.717, 1.165) is 25.9 Å². The number of aliphatic hydroxyl groups is 1. The van der Waals surface area contributed by atoms with Crippen molar-refractivity contribution in [1.29, 1.82) is 0 Å². The van der Waals surface area contributed by atoms with Gasteiger partial charge in [-0.1, -0.05) is 0 Å². The molecule has 3 nitrogen and oxygen atoms in total. The minimum Gasteiger partial charge on any atom is -0.396 e. The van der Waals surface area contributed by atoms with E-state index >= 15 is 0 Å². The molecule has 1 rings (SSSR count). The third-order valence-electron chi connectivity index (χ3n) is 3.33. The Morgan fingerprint density at radius 2 is 2.21 bits per heavy atom. The molecule has 0 bridgehead atoms. The third kappa shape index (κ3) is 2.94. The number of aliphatic hydroxyl groups excluding tert-OH is 1. The topological polar surface area (TPSA) is 38.7 Å². The predicted molar refractivity (Wildman–Crippen MR) is 55.3 cm³/mol. The second kappa shape index (κ2) is 4.60. The Hall–Kier alpha value is -0.120. The molecule has 0 amide bonds. The Bertz CT molecular complexity index is 171. The molecule has 1 fully saturated rings. The fraction of sp³-hybridized carbons (Fsp3) is 1.00. The minimum absolute atomic E-state index is 0.00417. The number of hydrogen-bond acceptors (Lipinski definition) is 3. The van der Waals surface area contributed by atoms with Crippen LogP contribution in [0.15, 0.2) is 0 Å². The second-order valence-corrected chi connectivity index (χ2v) is 4.92. The van der Waals surface area contributed by atoms with Crippen LogP contribution in [0.2, 0.25) is 0 Å². The molecule has 14 heavy (non-hydrogen) atoms. The SMILES string of the molecule is COC(C)(C)CCC1(CO)CCOC1.